The van der Waals surface area contributed by atoms with E-state index >= 15 is 0 Å². The summed E-state index contributed by atoms with van der Waals surface area (Å²) in [4.78, 5) is 0. The SMILES string of the molecule is CNCc1ccc(OCCOc2ccc(Cl)cc2C)cc1. The topological polar surface area (TPSA) is 30.5 Å². The number of ether oxygens (including phenoxy) is 2. The van der Waals surface area contributed by atoms with E-state index in [1.807, 2.05) is 44.3 Å². The van der Waals surface area contributed by atoms with Gasteiger partial charge in [-0.3, -0.25) is 0 Å². The van der Waals surface area contributed by atoms with Crippen LogP contribution in [0.25, 0.3) is 0 Å². The van der Waals surface area contributed by atoms with Crippen molar-refractivity contribution in [2.75, 3.05) is 20.3 Å². The van der Waals surface area contributed by atoms with Crippen molar-refractivity contribution in [1.29, 1.82) is 0 Å². The third-order valence-corrected chi connectivity index (χ3v) is 3.29. The Labute approximate surface area is 130 Å². The molecular weight excluding hydrogens is 286 g/mol. The first-order chi connectivity index (χ1) is 10.2. The van der Waals surface area contributed by atoms with Crippen molar-refractivity contribution in [3.8, 4) is 11.5 Å². The van der Waals surface area contributed by atoms with Crippen LogP contribution >= 0.6 is 11.6 Å². The molecule has 2 rings (SSSR count). The monoisotopic (exact) mass is 305 g/mol. The van der Waals surface area contributed by atoms with Crippen LogP contribution in [0.15, 0.2) is 42.5 Å². The summed E-state index contributed by atoms with van der Waals surface area (Å²) in [7, 11) is 1.93. The molecule has 112 valence electrons. The van der Waals surface area contributed by atoms with Crippen LogP contribution < -0.4 is 14.8 Å². The van der Waals surface area contributed by atoms with Crippen LogP contribution in [-0.4, -0.2) is 20.3 Å². The number of rotatable bonds is 7. The summed E-state index contributed by atoms with van der Waals surface area (Å²) in [6, 6.07) is 13.6. The Morgan fingerprint density at radius 1 is 1.00 bits per heavy atom. The van der Waals surface area contributed by atoms with E-state index in [2.05, 4.69) is 17.4 Å². The average Bonchev–Trinajstić information content (AvgIpc) is 2.47. The van der Waals surface area contributed by atoms with Gasteiger partial charge < -0.3 is 14.8 Å². The van der Waals surface area contributed by atoms with Gasteiger partial charge in [0.05, 0.1) is 0 Å². The first-order valence-electron chi connectivity index (χ1n) is 6.94. The molecule has 3 nitrogen and oxygen atoms in total. The van der Waals surface area contributed by atoms with E-state index in [4.69, 9.17) is 21.1 Å². The second kappa shape index (κ2) is 7.91. The van der Waals surface area contributed by atoms with Crippen molar-refractivity contribution < 1.29 is 9.47 Å². The van der Waals surface area contributed by atoms with E-state index in [0.29, 0.717) is 13.2 Å². The van der Waals surface area contributed by atoms with E-state index in [1.54, 1.807) is 0 Å². The third-order valence-electron chi connectivity index (χ3n) is 3.05. The molecule has 21 heavy (non-hydrogen) atoms. The molecule has 0 saturated heterocycles. The zero-order chi connectivity index (χ0) is 15.1. The molecule has 0 atom stereocenters. The number of hydrogen-bond donors (Lipinski definition) is 1. The first-order valence-corrected chi connectivity index (χ1v) is 7.32. The molecule has 1 N–H and O–H groups in total. The second-order valence-electron chi connectivity index (χ2n) is 4.78. The van der Waals surface area contributed by atoms with Crippen molar-refractivity contribution in [2.45, 2.75) is 13.5 Å². The number of hydrogen-bond acceptors (Lipinski definition) is 3. The van der Waals surface area contributed by atoms with E-state index in [0.717, 1.165) is 28.6 Å². The van der Waals surface area contributed by atoms with Crippen LogP contribution in [-0.2, 0) is 6.54 Å². The van der Waals surface area contributed by atoms with Gasteiger partial charge >= 0.3 is 0 Å². The van der Waals surface area contributed by atoms with Crippen molar-refractivity contribution in [1.82, 2.24) is 5.32 Å². The lowest BCUT2D eigenvalue weighted by Gasteiger charge is -2.11. The molecule has 0 spiro atoms. The lowest BCUT2D eigenvalue weighted by Crippen LogP contribution is -2.10. The van der Waals surface area contributed by atoms with Crippen LogP contribution in [0.2, 0.25) is 5.02 Å². The van der Waals surface area contributed by atoms with Crippen molar-refractivity contribution in [3.63, 3.8) is 0 Å². The minimum absolute atomic E-state index is 0.501. The highest BCUT2D eigenvalue weighted by Crippen LogP contribution is 2.21. The Hall–Kier alpha value is -1.71. The molecular formula is C17H20ClNO2. The van der Waals surface area contributed by atoms with Crippen LogP contribution in [0, 0.1) is 6.92 Å². The molecule has 0 aromatic heterocycles. The zero-order valence-corrected chi connectivity index (χ0v) is 13.1. The van der Waals surface area contributed by atoms with Crippen LogP contribution in [0.5, 0.6) is 11.5 Å². The average molecular weight is 306 g/mol. The Morgan fingerprint density at radius 3 is 2.38 bits per heavy atom. The molecule has 0 heterocycles. The Morgan fingerprint density at radius 2 is 1.71 bits per heavy atom. The van der Waals surface area contributed by atoms with Crippen LogP contribution in [0.4, 0.5) is 0 Å². The number of nitrogens with one attached hydrogen (secondary N) is 1. The Bertz CT molecular complexity index is 570. The number of halogens is 1. The molecule has 4 heteroatoms. The van der Waals surface area contributed by atoms with Crippen molar-refractivity contribution >= 4 is 11.6 Å². The molecule has 2 aromatic rings. The highest BCUT2D eigenvalue weighted by atomic mass is 35.5. The van der Waals surface area contributed by atoms with Gasteiger partial charge in [0.25, 0.3) is 0 Å². The summed E-state index contributed by atoms with van der Waals surface area (Å²) in [5.41, 5.74) is 2.26. The fourth-order valence-corrected chi connectivity index (χ4v) is 2.22. The first kappa shape index (κ1) is 15.7. The molecule has 0 saturated carbocycles. The van der Waals surface area contributed by atoms with Crippen LogP contribution in [0.1, 0.15) is 11.1 Å². The summed E-state index contributed by atoms with van der Waals surface area (Å²) in [6.07, 6.45) is 0. The molecule has 2 aromatic carbocycles. The van der Waals surface area contributed by atoms with Crippen molar-refractivity contribution in [2.24, 2.45) is 0 Å². The highest BCUT2D eigenvalue weighted by molar-refractivity contribution is 6.30. The summed E-state index contributed by atoms with van der Waals surface area (Å²) < 4.78 is 11.3. The highest BCUT2D eigenvalue weighted by Gasteiger charge is 2.01. The fourth-order valence-electron chi connectivity index (χ4n) is 1.99. The molecule has 0 aliphatic heterocycles. The van der Waals surface area contributed by atoms with Gasteiger partial charge in [0.15, 0.2) is 0 Å². The molecule has 0 aliphatic rings. The van der Waals surface area contributed by atoms with Gasteiger partial charge in [-0.2, -0.15) is 0 Å². The molecule has 0 bridgehead atoms. The van der Waals surface area contributed by atoms with Crippen molar-refractivity contribution in [3.05, 3.63) is 58.6 Å². The summed E-state index contributed by atoms with van der Waals surface area (Å²) >= 11 is 5.91. The molecule has 0 amide bonds. The van der Waals surface area contributed by atoms with Crippen LogP contribution in [0.3, 0.4) is 0 Å². The molecule has 0 aliphatic carbocycles. The summed E-state index contributed by atoms with van der Waals surface area (Å²) in [5, 5.41) is 3.83. The maximum absolute atomic E-state index is 5.91. The van der Waals surface area contributed by atoms with E-state index in [-0.39, 0.29) is 0 Å². The maximum Gasteiger partial charge on any atom is 0.122 e. The van der Waals surface area contributed by atoms with Gasteiger partial charge in [0, 0.05) is 11.6 Å². The lowest BCUT2D eigenvalue weighted by atomic mass is 10.2. The zero-order valence-electron chi connectivity index (χ0n) is 12.4. The number of aryl methyl sites for hydroxylation is 1. The maximum atomic E-state index is 5.91. The van der Waals surface area contributed by atoms with E-state index < -0.39 is 0 Å². The van der Waals surface area contributed by atoms with Gasteiger partial charge in [0.1, 0.15) is 24.7 Å². The van der Waals surface area contributed by atoms with Gasteiger partial charge in [-0.05, 0) is 55.4 Å². The molecule has 0 fully saturated rings. The second-order valence-corrected chi connectivity index (χ2v) is 5.22. The van der Waals surface area contributed by atoms with Gasteiger partial charge in [-0.25, -0.2) is 0 Å². The normalized spacial score (nSPS) is 10.4. The van der Waals surface area contributed by atoms with Gasteiger partial charge in [0.2, 0.25) is 0 Å². The van der Waals surface area contributed by atoms with E-state index in [1.165, 1.54) is 5.56 Å². The minimum atomic E-state index is 0.501. The fraction of sp³-hybridized carbons (Fsp3) is 0.294. The van der Waals surface area contributed by atoms with Gasteiger partial charge in [-0.1, -0.05) is 23.7 Å². The summed E-state index contributed by atoms with van der Waals surface area (Å²) in [6.45, 7) is 3.84. The largest absolute Gasteiger partial charge is 0.490 e. The standard InChI is InChI=1S/C17H20ClNO2/c1-13-11-15(18)5-8-17(13)21-10-9-20-16-6-3-14(4-7-16)12-19-2/h3-8,11,19H,9-10,12H2,1-2H3. The number of benzene rings is 2. The predicted molar refractivity (Wildman–Crippen MR) is 86.4 cm³/mol. The van der Waals surface area contributed by atoms with Gasteiger partial charge in [-0.15, -0.1) is 0 Å². The quantitative estimate of drug-likeness (QED) is 0.789. The smallest absolute Gasteiger partial charge is 0.122 e. The molecule has 0 radical (unpaired) electrons. The van der Waals surface area contributed by atoms with E-state index in [9.17, 15) is 0 Å². The Balaban J connectivity index is 1.76. The minimum Gasteiger partial charge on any atom is -0.490 e. The Kier molecular flexibility index (Phi) is 5.90. The third kappa shape index (κ3) is 4.96. The predicted octanol–water partition coefficient (Wildman–Crippen LogP) is 3.83. The molecule has 0 unspecified atom stereocenters. The lowest BCUT2D eigenvalue weighted by molar-refractivity contribution is 0.216. The summed E-state index contributed by atoms with van der Waals surface area (Å²) in [5.74, 6) is 1.69.